The van der Waals surface area contributed by atoms with Gasteiger partial charge in [-0.2, -0.15) is 0 Å². The molecule has 0 saturated heterocycles. The molecule has 0 saturated carbocycles. The van der Waals surface area contributed by atoms with Crippen LogP contribution in [0.15, 0.2) is 0 Å². The largest absolute Gasteiger partial charge is 0.756 e. The van der Waals surface area contributed by atoms with Crippen LogP contribution in [-0.2, 0) is 23.1 Å². The molecular weight excluding hydrogens is 313 g/mol. The van der Waals surface area contributed by atoms with E-state index in [0.29, 0.717) is 17.4 Å². The van der Waals surface area contributed by atoms with E-state index < -0.39 is 33.1 Å². The topological polar surface area (TPSA) is 105 Å². The van der Waals surface area contributed by atoms with Crippen molar-refractivity contribution in [1.29, 1.82) is 0 Å². The first-order chi connectivity index (χ1) is 10.1. The lowest BCUT2D eigenvalue weighted by Gasteiger charge is -2.28. The molecule has 9 heteroatoms. The van der Waals surface area contributed by atoms with E-state index in [2.05, 4.69) is 4.52 Å². The van der Waals surface area contributed by atoms with Crippen molar-refractivity contribution in [2.75, 3.05) is 47.5 Å². The third kappa shape index (κ3) is 12.1. The van der Waals surface area contributed by atoms with Crippen molar-refractivity contribution in [3.63, 3.8) is 0 Å². The first-order valence-electron chi connectivity index (χ1n) is 7.30. The Bertz CT molecular complexity index is 370. The highest BCUT2D eigenvalue weighted by Gasteiger charge is 2.19. The molecule has 1 unspecified atom stereocenters. The molecule has 0 heterocycles. The van der Waals surface area contributed by atoms with Gasteiger partial charge in [-0.05, 0) is 6.42 Å². The van der Waals surface area contributed by atoms with Gasteiger partial charge in [-0.1, -0.05) is 13.3 Å². The Balaban J connectivity index is 4.13. The average molecular weight is 341 g/mol. The quantitative estimate of drug-likeness (QED) is 0.309. The summed E-state index contributed by atoms with van der Waals surface area (Å²) in [6.45, 7) is 1.44. The molecule has 0 spiro atoms. The highest BCUT2D eigenvalue weighted by molar-refractivity contribution is 7.45. The molecular formula is C13H28NO7P. The van der Waals surface area contributed by atoms with Gasteiger partial charge in [-0.25, -0.2) is 0 Å². The van der Waals surface area contributed by atoms with Crippen molar-refractivity contribution in [3.05, 3.63) is 0 Å². The Morgan fingerprint density at radius 3 is 2.45 bits per heavy atom. The predicted octanol–water partition coefficient (Wildman–Crippen LogP) is 0.289. The van der Waals surface area contributed by atoms with Crippen molar-refractivity contribution in [1.82, 2.24) is 0 Å². The van der Waals surface area contributed by atoms with Crippen molar-refractivity contribution >= 4 is 13.8 Å². The predicted molar refractivity (Wildman–Crippen MR) is 78.9 cm³/mol. The Labute approximate surface area is 132 Å². The van der Waals surface area contributed by atoms with Crippen LogP contribution in [0.2, 0.25) is 0 Å². The number of hydrogen-bond donors (Lipinski definition) is 1. The zero-order valence-corrected chi connectivity index (χ0v) is 14.7. The number of aliphatic hydroxyl groups is 1. The third-order valence-corrected chi connectivity index (χ3v) is 3.63. The number of carbonyl (C=O) groups is 1. The smallest absolute Gasteiger partial charge is 0.306 e. The first-order valence-corrected chi connectivity index (χ1v) is 8.76. The summed E-state index contributed by atoms with van der Waals surface area (Å²) in [5.74, 6) is -0.490. The molecule has 0 bridgehead atoms. The van der Waals surface area contributed by atoms with Gasteiger partial charge in [0, 0.05) is 6.42 Å². The monoisotopic (exact) mass is 341 g/mol. The van der Waals surface area contributed by atoms with Gasteiger partial charge in [0.05, 0.1) is 34.4 Å². The van der Waals surface area contributed by atoms with Gasteiger partial charge < -0.3 is 28.3 Å². The van der Waals surface area contributed by atoms with Gasteiger partial charge in [-0.15, -0.1) is 0 Å². The van der Waals surface area contributed by atoms with Crippen LogP contribution in [-0.4, -0.2) is 69.2 Å². The first kappa shape index (κ1) is 21.5. The summed E-state index contributed by atoms with van der Waals surface area (Å²) in [4.78, 5) is 23.0. The lowest BCUT2D eigenvalue weighted by atomic mass is 10.2. The number of quaternary nitrogens is 1. The maximum absolute atomic E-state index is 11.5. The highest BCUT2D eigenvalue weighted by Crippen LogP contribution is 2.38. The Kier molecular flexibility index (Phi) is 10.1. The summed E-state index contributed by atoms with van der Waals surface area (Å²) in [7, 11) is 1.23. The molecule has 132 valence electrons. The number of ether oxygens (including phenoxy) is 1. The van der Waals surface area contributed by atoms with E-state index in [9.17, 15) is 14.3 Å². The summed E-state index contributed by atoms with van der Waals surface area (Å²) in [6, 6.07) is 0. The fourth-order valence-electron chi connectivity index (χ4n) is 1.33. The van der Waals surface area contributed by atoms with Crippen LogP contribution in [0.25, 0.3) is 0 Å². The van der Waals surface area contributed by atoms with Crippen molar-refractivity contribution in [2.45, 2.75) is 32.3 Å². The average Bonchev–Trinajstić information content (AvgIpc) is 2.39. The van der Waals surface area contributed by atoms with E-state index in [-0.39, 0.29) is 13.0 Å². The SMILES string of the molecule is CCCCC(=O)O[C@H](CO)COP(=O)([O-])OCC[N+](C)(C)C. The fraction of sp³-hybridized carbons (Fsp3) is 0.923. The fourth-order valence-corrected chi connectivity index (χ4v) is 2.06. The van der Waals surface area contributed by atoms with E-state index in [0.717, 1.165) is 6.42 Å². The zero-order chi connectivity index (χ0) is 17.2. The molecule has 0 radical (unpaired) electrons. The molecule has 0 aliphatic carbocycles. The van der Waals surface area contributed by atoms with Gasteiger partial charge in [0.25, 0.3) is 7.82 Å². The molecule has 2 atom stereocenters. The van der Waals surface area contributed by atoms with Crippen LogP contribution in [0, 0.1) is 0 Å². The van der Waals surface area contributed by atoms with Gasteiger partial charge >= 0.3 is 5.97 Å². The number of phosphoric ester groups is 1. The van der Waals surface area contributed by atoms with Crippen LogP contribution >= 0.6 is 7.82 Å². The minimum atomic E-state index is -4.47. The minimum Gasteiger partial charge on any atom is -0.756 e. The number of hydrogen-bond acceptors (Lipinski definition) is 7. The summed E-state index contributed by atoms with van der Waals surface area (Å²) in [6.07, 6.45) is 0.716. The lowest BCUT2D eigenvalue weighted by Crippen LogP contribution is -2.37. The van der Waals surface area contributed by atoms with Crippen LogP contribution < -0.4 is 4.89 Å². The number of esters is 1. The van der Waals surface area contributed by atoms with Gasteiger partial charge in [0.1, 0.15) is 19.3 Å². The molecule has 1 N–H and O–H groups in total. The number of likely N-dealkylation sites (N-methyl/N-ethyl adjacent to an activating group) is 1. The van der Waals surface area contributed by atoms with E-state index in [4.69, 9.17) is 14.4 Å². The molecule has 0 aromatic rings. The number of aliphatic hydroxyl groups excluding tert-OH is 1. The molecule has 0 fully saturated rings. The van der Waals surface area contributed by atoms with Crippen molar-refractivity contribution in [3.8, 4) is 0 Å². The summed E-state index contributed by atoms with van der Waals surface area (Å²) in [5, 5.41) is 9.09. The van der Waals surface area contributed by atoms with E-state index in [1.807, 2.05) is 28.1 Å². The number of nitrogens with zero attached hydrogens (tertiary/aromatic N) is 1. The number of rotatable bonds is 12. The van der Waals surface area contributed by atoms with Crippen LogP contribution in [0.3, 0.4) is 0 Å². The standard InChI is InChI=1S/C13H28NO7P/c1-5-6-7-13(16)21-12(10-15)11-20-22(17,18)19-9-8-14(2,3)4/h12,15H,5-11H2,1-4H3/t12-/m1/s1. The van der Waals surface area contributed by atoms with Crippen molar-refractivity contribution in [2.24, 2.45) is 0 Å². The maximum atomic E-state index is 11.5. The summed E-state index contributed by atoms with van der Waals surface area (Å²) < 4.78 is 26.4. The molecule has 0 rings (SSSR count). The van der Waals surface area contributed by atoms with Gasteiger partial charge in [0.15, 0.2) is 0 Å². The summed E-state index contributed by atoms with van der Waals surface area (Å²) in [5.41, 5.74) is 0. The van der Waals surface area contributed by atoms with Crippen LogP contribution in [0.4, 0.5) is 0 Å². The zero-order valence-electron chi connectivity index (χ0n) is 13.8. The van der Waals surface area contributed by atoms with E-state index in [1.165, 1.54) is 0 Å². The van der Waals surface area contributed by atoms with Gasteiger partial charge in [-0.3, -0.25) is 9.36 Å². The second kappa shape index (κ2) is 10.3. The second-order valence-electron chi connectivity index (χ2n) is 5.99. The molecule has 0 aliphatic rings. The Morgan fingerprint density at radius 1 is 1.32 bits per heavy atom. The van der Waals surface area contributed by atoms with E-state index >= 15 is 0 Å². The normalized spacial score (nSPS) is 16.1. The number of phosphoric acid groups is 1. The molecule has 0 aromatic carbocycles. The lowest BCUT2D eigenvalue weighted by molar-refractivity contribution is -0.870. The maximum Gasteiger partial charge on any atom is 0.306 e. The molecule has 8 nitrogen and oxygen atoms in total. The third-order valence-electron chi connectivity index (χ3n) is 2.67. The van der Waals surface area contributed by atoms with E-state index in [1.54, 1.807) is 0 Å². The van der Waals surface area contributed by atoms with Gasteiger partial charge in [0.2, 0.25) is 0 Å². The van der Waals surface area contributed by atoms with Crippen LogP contribution in [0.1, 0.15) is 26.2 Å². The molecule has 0 aliphatic heterocycles. The van der Waals surface area contributed by atoms with Crippen LogP contribution in [0.5, 0.6) is 0 Å². The number of carbonyl (C=O) groups excluding carboxylic acids is 1. The van der Waals surface area contributed by atoms with Crippen molar-refractivity contribution < 1.29 is 37.6 Å². The highest BCUT2D eigenvalue weighted by atomic mass is 31.2. The minimum absolute atomic E-state index is 0.00957. The number of unbranched alkanes of at least 4 members (excludes halogenated alkanes) is 1. The molecule has 0 amide bonds. The summed E-state index contributed by atoms with van der Waals surface area (Å²) >= 11 is 0. The molecule has 22 heavy (non-hydrogen) atoms. The second-order valence-corrected chi connectivity index (χ2v) is 7.40. The molecule has 0 aromatic heterocycles. The Hall–Kier alpha value is -0.500. The Morgan fingerprint density at radius 2 is 1.95 bits per heavy atom.